The lowest BCUT2D eigenvalue weighted by molar-refractivity contribution is -0.135. The van der Waals surface area contributed by atoms with Gasteiger partial charge in [-0.2, -0.15) is 0 Å². The number of carbonyl (C=O) groups excluding carboxylic acids is 2. The molecular weight excluding hydrogens is 414 g/mol. The molecule has 0 spiro atoms. The number of imide groups is 1. The van der Waals surface area contributed by atoms with E-state index in [1.165, 1.54) is 4.90 Å². The Labute approximate surface area is 192 Å². The lowest BCUT2D eigenvalue weighted by atomic mass is 9.87. The highest BCUT2D eigenvalue weighted by molar-refractivity contribution is 6.00. The Hall–Kier alpha value is -3.93. The number of ether oxygens (including phenoxy) is 1. The van der Waals surface area contributed by atoms with Gasteiger partial charge in [0.25, 0.3) is 5.91 Å². The molecule has 166 valence electrons. The lowest BCUT2D eigenvalue weighted by Crippen LogP contribution is -2.52. The standard InChI is InChI=1S/C27H25N3O3/c1-18-16-29(17-28-18)27(3,23-14-13-20-9-7-8-12-22(20)15-23)25(31)30-19(2)24(33-26(30)32)21-10-5-4-6-11-21/h4-17,19,24H,1-3H3/t19-,24-,27?/m1/s1. The zero-order valence-corrected chi connectivity index (χ0v) is 18.8. The molecule has 1 aliphatic rings. The van der Waals surface area contributed by atoms with Crippen molar-refractivity contribution in [2.75, 3.05) is 0 Å². The molecule has 0 saturated carbocycles. The zero-order valence-electron chi connectivity index (χ0n) is 18.8. The number of benzene rings is 3. The molecule has 0 bridgehead atoms. The second kappa shape index (κ2) is 7.89. The Morgan fingerprint density at radius 2 is 1.70 bits per heavy atom. The first-order valence-electron chi connectivity index (χ1n) is 11.0. The summed E-state index contributed by atoms with van der Waals surface area (Å²) in [5, 5.41) is 2.10. The summed E-state index contributed by atoms with van der Waals surface area (Å²) in [6.07, 6.45) is 2.31. The summed E-state index contributed by atoms with van der Waals surface area (Å²) in [5.74, 6) is -0.355. The molecule has 1 aliphatic heterocycles. The first-order chi connectivity index (χ1) is 15.9. The van der Waals surface area contributed by atoms with Crippen LogP contribution in [0.1, 0.15) is 36.8 Å². The molecule has 0 N–H and O–H groups in total. The molecule has 1 fully saturated rings. The van der Waals surface area contributed by atoms with Crippen LogP contribution in [0.25, 0.3) is 10.8 Å². The Bertz CT molecular complexity index is 1350. The van der Waals surface area contributed by atoms with Gasteiger partial charge in [-0.15, -0.1) is 0 Å². The molecule has 2 heterocycles. The van der Waals surface area contributed by atoms with Crippen LogP contribution in [0.15, 0.2) is 85.3 Å². The van der Waals surface area contributed by atoms with E-state index in [1.807, 2.05) is 99.8 Å². The van der Waals surface area contributed by atoms with Crippen LogP contribution in [-0.4, -0.2) is 32.5 Å². The van der Waals surface area contributed by atoms with E-state index in [-0.39, 0.29) is 5.91 Å². The maximum Gasteiger partial charge on any atom is 0.417 e. The number of hydrogen-bond acceptors (Lipinski definition) is 4. The number of carbonyl (C=O) groups is 2. The van der Waals surface area contributed by atoms with Crippen molar-refractivity contribution in [3.63, 3.8) is 0 Å². The fourth-order valence-corrected chi connectivity index (χ4v) is 4.60. The van der Waals surface area contributed by atoms with Gasteiger partial charge >= 0.3 is 6.09 Å². The Morgan fingerprint density at radius 1 is 1.00 bits per heavy atom. The number of cyclic esters (lactones) is 1. The molecule has 0 radical (unpaired) electrons. The molecule has 3 aromatic carbocycles. The molecule has 1 saturated heterocycles. The third-order valence-electron chi connectivity index (χ3n) is 6.57. The highest BCUT2D eigenvalue weighted by Gasteiger charge is 2.50. The SMILES string of the molecule is Cc1cn(C(C)(C(=O)N2C(=O)O[C@@H](c3ccccc3)[C@H]2C)c2ccc3ccccc3c2)cn1. The quantitative estimate of drug-likeness (QED) is 0.438. The third kappa shape index (κ3) is 3.39. The van der Waals surface area contributed by atoms with Crippen LogP contribution in [0.3, 0.4) is 0 Å². The molecule has 1 aromatic heterocycles. The van der Waals surface area contributed by atoms with Gasteiger partial charge in [-0.1, -0.05) is 66.7 Å². The van der Waals surface area contributed by atoms with Gasteiger partial charge in [0.2, 0.25) is 0 Å². The normalized spacial score (nSPS) is 20.0. The number of aromatic nitrogens is 2. The van der Waals surface area contributed by atoms with E-state index < -0.39 is 23.8 Å². The van der Waals surface area contributed by atoms with E-state index in [1.54, 1.807) is 10.9 Å². The average Bonchev–Trinajstić information content (AvgIpc) is 3.41. The summed E-state index contributed by atoms with van der Waals surface area (Å²) >= 11 is 0. The molecule has 2 amide bonds. The van der Waals surface area contributed by atoms with Crippen molar-refractivity contribution >= 4 is 22.8 Å². The number of amides is 2. The van der Waals surface area contributed by atoms with Crippen LogP contribution in [0.2, 0.25) is 0 Å². The van der Waals surface area contributed by atoms with Crippen LogP contribution in [0.5, 0.6) is 0 Å². The van der Waals surface area contributed by atoms with Crippen LogP contribution in [0, 0.1) is 6.92 Å². The number of fused-ring (bicyclic) bond motifs is 1. The summed E-state index contributed by atoms with van der Waals surface area (Å²) in [6.45, 7) is 5.55. The zero-order chi connectivity index (χ0) is 23.2. The van der Waals surface area contributed by atoms with E-state index in [2.05, 4.69) is 4.98 Å². The van der Waals surface area contributed by atoms with Crippen molar-refractivity contribution in [2.24, 2.45) is 0 Å². The monoisotopic (exact) mass is 439 g/mol. The molecule has 6 heteroatoms. The van der Waals surface area contributed by atoms with Crippen LogP contribution in [-0.2, 0) is 15.1 Å². The predicted molar refractivity (Wildman–Crippen MR) is 126 cm³/mol. The fourth-order valence-electron chi connectivity index (χ4n) is 4.60. The predicted octanol–water partition coefficient (Wildman–Crippen LogP) is 5.22. The van der Waals surface area contributed by atoms with Gasteiger partial charge in [-0.05, 0) is 48.7 Å². The molecule has 3 atom stereocenters. The van der Waals surface area contributed by atoms with E-state index in [0.717, 1.165) is 27.6 Å². The number of nitrogens with zero attached hydrogens (tertiary/aromatic N) is 3. The minimum Gasteiger partial charge on any atom is -0.439 e. The maximum atomic E-state index is 14.2. The number of hydrogen-bond donors (Lipinski definition) is 0. The molecule has 6 nitrogen and oxygen atoms in total. The number of imidazole rings is 1. The first-order valence-corrected chi connectivity index (χ1v) is 11.0. The van der Waals surface area contributed by atoms with Crippen molar-refractivity contribution in [2.45, 2.75) is 38.5 Å². The minimum atomic E-state index is -1.19. The number of rotatable bonds is 4. The van der Waals surface area contributed by atoms with Crippen molar-refractivity contribution in [1.82, 2.24) is 14.5 Å². The van der Waals surface area contributed by atoms with E-state index in [4.69, 9.17) is 4.74 Å². The van der Waals surface area contributed by atoms with Gasteiger partial charge in [0, 0.05) is 6.20 Å². The molecule has 5 rings (SSSR count). The molecule has 33 heavy (non-hydrogen) atoms. The summed E-state index contributed by atoms with van der Waals surface area (Å²) < 4.78 is 7.46. The average molecular weight is 440 g/mol. The molecule has 4 aromatic rings. The van der Waals surface area contributed by atoms with E-state index in [9.17, 15) is 9.59 Å². The summed E-state index contributed by atoms with van der Waals surface area (Å²) in [4.78, 5) is 32.8. The number of aryl methyl sites for hydroxylation is 1. The summed E-state index contributed by atoms with van der Waals surface area (Å²) in [5.41, 5.74) is 1.23. The van der Waals surface area contributed by atoms with Gasteiger partial charge < -0.3 is 9.30 Å². The maximum absolute atomic E-state index is 14.2. The van der Waals surface area contributed by atoms with E-state index in [0.29, 0.717) is 0 Å². The topological polar surface area (TPSA) is 64.4 Å². The Kier molecular flexibility index (Phi) is 5.01. The molecular formula is C27H25N3O3. The van der Waals surface area contributed by atoms with Gasteiger partial charge in [0.05, 0.1) is 18.1 Å². The smallest absolute Gasteiger partial charge is 0.417 e. The molecule has 0 aliphatic carbocycles. The van der Waals surface area contributed by atoms with Gasteiger partial charge in [0.1, 0.15) is 11.6 Å². The highest BCUT2D eigenvalue weighted by Crippen LogP contribution is 2.38. The minimum absolute atomic E-state index is 0.355. The van der Waals surface area contributed by atoms with Crippen LogP contribution >= 0.6 is 0 Å². The fraction of sp³-hybridized carbons (Fsp3) is 0.222. The van der Waals surface area contributed by atoms with Gasteiger partial charge in [-0.25, -0.2) is 14.7 Å². The van der Waals surface area contributed by atoms with Crippen LogP contribution < -0.4 is 0 Å². The van der Waals surface area contributed by atoms with Gasteiger partial charge in [0.15, 0.2) is 0 Å². The second-order valence-electron chi connectivity index (χ2n) is 8.69. The van der Waals surface area contributed by atoms with Gasteiger partial charge in [-0.3, -0.25) is 4.79 Å². The Balaban J connectivity index is 1.61. The Morgan fingerprint density at radius 3 is 2.39 bits per heavy atom. The lowest BCUT2D eigenvalue weighted by Gasteiger charge is -2.34. The van der Waals surface area contributed by atoms with Crippen molar-refractivity contribution < 1.29 is 14.3 Å². The van der Waals surface area contributed by atoms with E-state index >= 15 is 0 Å². The van der Waals surface area contributed by atoms with Crippen molar-refractivity contribution in [1.29, 1.82) is 0 Å². The highest BCUT2D eigenvalue weighted by atomic mass is 16.6. The second-order valence-corrected chi connectivity index (χ2v) is 8.69. The molecule has 1 unspecified atom stereocenters. The van der Waals surface area contributed by atoms with Crippen molar-refractivity contribution in [3.05, 3.63) is 102 Å². The summed E-state index contributed by atoms with van der Waals surface area (Å²) in [6, 6.07) is 23.0. The largest absolute Gasteiger partial charge is 0.439 e. The third-order valence-corrected chi connectivity index (χ3v) is 6.57. The van der Waals surface area contributed by atoms with Crippen LogP contribution in [0.4, 0.5) is 4.79 Å². The van der Waals surface area contributed by atoms with Crippen molar-refractivity contribution in [3.8, 4) is 0 Å². The first kappa shape index (κ1) is 20.9. The summed E-state index contributed by atoms with van der Waals surface area (Å²) in [7, 11) is 0.